The van der Waals surface area contributed by atoms with Gasteiger partial charge in [-0.05, 0) is 24.6 Å². The van der Waals surface area contributed by atoms with E-state index in [2.05, 4.69) is 17.2 Å². The van der Waals surface area contributed by atoms with E-state index in [-0.39, 0.29) is 18.0 Å². The maximum Gasteiger partial charge on any atom is 0.335 e. The molecule has 0 heterocycles. The summed E-state index contributed by atoms with van der Waals surface area (Å²) in [5.41, 5.74) is 1.48. The minimum atomic E-state index is -1.02. The van der Waals surface area contributed by atoms with E-state index in [1.165, 1.54) is 12.1 Å². The number of carbonyl (C=O) groups is 2. The van der Waals surface area contributed by atoms with Crippen LogP contribution in [0.25, 0.3) is 0 Å². The van der Waals surface area contributed by atoms with E-state index in [1.54, 1.807) is 19.1 Å². The molecule has 0 saturated carbocycles. The molecule has 3 N–H and O–H groups in total. The Morgan fingerprint density at radius 2 is 2.17 bits per heavy atom. The molecule has 0 bridgehead atoms. The molecule has 0 fully saturated rings. The lowest BCUT2D eigenvalue weighted by atomic mass is 10.1. The van der Waals surface area contributed by atoms with Crippen LogP contribution in [0.15, 0.2) is 30.9 Å². The molecule has 96 valence electrons. The summed E-state index contributed by atoms with van der Waals surface area (Å²) in [7, 11) is 0. The molecule has 1 rings (SSSR count). The number of carboxylic acids is 1. The zero-order valence-corrected chi connectivity index (χ0v) is 10.2. The Morgan fingerprint density at radius 3 is 2.78 bits per heavy atom. The molecule has 0 aliphatic heterocycles. The number of aryl methyl sites for hydroxylation is 1. The van der Waals surface area contributed by atoms with E-state index in [1.807, 2.05) is 0 Å². The molecular formula is C13H16N2O3. The predicted octanol–water partition coefficient (Wildman–Crippen LogP) is 1.41. The van der Waals surface area contributed by atoms with E-state index >= 15 is 0 Å². The van der Waals surface area contributed by atoms with E-state index in [0.717, 1.165) is 5.56 Å². The molecule has 0 aliphatic rings. The van der Waals surface area contributed by atoms with E-state index in [9.17, 15) is 9.59 Å². The highest BCUT2D eigenvalue weighted by molar-refractivity contribution is 5.95. The average molecular weight is 248 g/mol. The van der Waals surface area contributed by atoms with Gasteiger partial charge in [0.25, 0.3) is 0 Å². The van der Waals surface area contributed by atoms with Gasteiger partial charge in [0.1, 0.15) is 0 Å². The van der Waals surface area contributed by atoms with Crippen molar-refractivity contribution in [2.45, 2.75) is 6.92 Å². The second kappa shape index (κ2) is 6.56. The summed E-state index contributed by atoms with van der Waals surface area (Å²) in [6, 6.07) is 4.61. The molecular weight excluding hydrogens is 232 g/mol. The van der Waals surface area contributed by atoms with Crippen LogP contribution in [0.2, 0.25) is 0 Å². The first-order chi connectivity index (χ1) is 8.54. The fraction of sp³-hybridized carbons (Fsp3) is 0.231. The van der Waals surface area contributed by atoms with Crippen LogP contribution in [-0.2, 0) is 4.79 Å². The van der Waals surface area contributed by atoms with E-state index in [4.69, 9.17) is 5.11 Å². The Hall–Kier alpha value is -2.14. The molecule has 0 unspecified atom stereocenters. The Bertz CT molecular complexity index is 469. The normalized spacial score (nSPS) is 9.83. The predicted molar refractivity (Wildman–Crippen MR) is 69.8 cm³/mol. The number of nitrogens with one attached hydrogen (secondary N) is 2. The SMILES string of the molecule is C=CCNCC(=O)Nc1cc(C(=O)O)ccc1C. The topological polar surface area (TPSA) is 78.4 Å². The molecule has 18 heavy (non-hydrogen) atoms. The first kappa shape index (κ1) is 13.9. The maximum absolute atomic E-state index is 11.6. The number of hydrogen-bond donors (Lipinski definition) is 3. The van der Waals surface area contributed by atoms with Crippen molar-refractivity contribution < 1.29 is 14.7 Å². The summed E-state index contributed by atoms with van der Waals surface area (Å²) in [4.78, 5) is 22.4. The number of carboxylic acid groups (broad SMARTS) is 1. The molecule has 1 aromatic rings. The van der Waals surface area contributed by atoms with Crippen molar-refractivity contribution in [1.82, 2.24) is 5.32 Å². The van der Waals surface area contributed by atoms with Crippen LogP contribution < -0.4 is 10.6 Å². The second-order valence-electron chi connectivity index (χ2n) is 3.80. The van der Waals surface area contributed by atoms with Crippen molar-refractivity contribution in [3.05, 3.63) is 42.0 Å². The molecule has 5 heteroatoms. The molecule has 0 saturated heterocycles. The molecule has 0 radical (unpaired) electrons. The number of hydrogen-bond acceptors (Lipinski definition) is 3. The van der Waals surface area contributed by atoms with Gasteiger partial charge < -0.3 is 15.7 Å². The highest BCUT2D eigenvalue weighted by atomic mass is 16.4. The summed E-state index contributed by atoms with van der Waals surface area (Å²) < 4.78 is 0. The van der Waals surface area contributed by atoms with Gasteiger partial charge in [-0.2, -0.15) is 0 Å². The zero-order chi connectivity index (χ0) is 13.5. The quantitative estimate of drug-likeness (QED) is 0.525. The van der Waals surface area contributed by atoms with Gasteiger partial charge in [0.2, 0.25) is 5.91 Å². The van der Waals surface area contributed by atoms with Gasteiger partial charge in [0, 0.05) is 12.2 Å². The van der Waals surface area contributed by atoms with Gasteiger partial charge in [-0.3, -0.25) is 4.79 Å². The Morgan fingerprint density at radius 1 is 1.44 bits per heavy atom. The number of amides is 1. The minimum absolute atomic E-state index is 0.148. The smallest absolute Gasteiger partial charge is 0.335 e. The third-order valence-corrected chi connectivity index (χ3v) is 2.33. The Balaban J connectivity index is 2.71. The molecule has 0 aliphatic carbocycles. The molecule has 0 spiro atoms. The van der Waals surface area contributed by atoms with Crippen molar-refractivity contribution in [3.8, 4) is 0 Å². The van der Waals surface area contributed by atoms with Gasteiger partial charge in [-0.1, -0.05) is 12.1 Å². The third-order valence-electron chi connectivity index (χ3n) is 2.33. The van der Waals surface area contributed by atoms with Crippen LogP contribution >= 0.6 is 0 Å². The molecule has 1 amide bonds. The fourth-order valence-corrected chi connectivity index (χ4v) is 1.37. The Kier molecular flexibility index (Phi) is 5.07. The largest absolute Gasteiger partial charge is 0.478 e. The fourth-order valence-electron chi connectivity index (χ4n) is 1.37. The number of benzene rings is 1. The van der Waals surface area contributed by atoms with Crippen molar-refractivity contribution in [1.29, 1.82) is 0 Å². The molecule has 0 atom stereocenters. The van der Waals surface area contributed by atoms with Gasteiger partial charge >= 0.3 is 5.97 Å². The molecule has 5 nitrogen and oxygen atoms in total. The molecule has 0 aromatic heterocycles. The highest BCUT2D eigenvalue weighted by Crippen LogP contribution is 2.16. The van der Waals surface area contributed by atoms with Crippen LogP contribution in [0.5, 0.6) is 0 Å². The summed E-state index contributed by atoms with van der Waals surface area (Å²) in [6.45, 7) is 6.03. The van der Waals surface area contributed by atoms with Crippen LogP contribution in [0.4, 0.5) is 5.69 Å². The Labute approximate surface area is 106 Å². The zero-order valence-electron chi connectivity index (χ0n) is 10.2. The van der Waals surface area contributed by atoms with Crippen molar-refractivity contribution in [3.63, 3.8) is 0 Å². The lowest BCUT2D eigenvalue weighted by Crippen LogP contribution is -2.28. The second-order valence-corrected chi connectivity index (χ2v) is 3.80. The monoisotopic (exact) mass is 248 g/mol. The first-order valence-electron chi connectivity index (χ1n) is 5.50. The first-order valence-corrected chi connectivity index (χ1v) is 5.50. The standard InChI is InChI=1S/C13H16N2O3/c1-3-6-14-8-12(16)15-11-7-10(13(17)18)5-4-9(11)2/h3-5,7,14H,1,6,8H2,2H3,(H,15,16)(H,17,18). The van der Waals surface area contributed by atoms with Gasteiger partial charge in [0.05, 0.1) is 12.1 Å². The average Bonchev–Trinajstić information content (AvgIpc) is 2.32. The van der Waals surface area contributed by atoms with Crippen molar-refractivity contribution in [2.24, 2.45) is 0 Å². The van der Waals surface area contributed by atoms with Crippen LogP contribution in [0, 0.1) is 6.92 Å². The lowest BCUT2D eigenvalue weighted by molar-refractivity contribution is -0.115. The van der Waals surface area contributed by atoms with Crippen molar-refractivity contribution >= 4 is 17.6 Å². The summed E-state index contributed by atoms with van der Waals surface area (Å²) in [5, 5.41) is 14.4. The van der Waals surface area contributed by atoms with Crippen molar-refractivity contribution in [2.75, 3.05) is 18.4 Å². The summed E-state index contributed by atoms with van der Waals surface area (Å²) >= 11 is 0. The maximum atomic E-state index is 11.6. The van der Waals surface area contributed by atoms with E-state index < -0.39 is 5.97 Å². The summed E-state index contributed by atoms with van der Waals surface area (Å²) in [6.07, 6.45) is 1.66. The van der Waals surface area contributed by atoms with Gasteiger partial charge in [0.15, 0.2) is 0 Å². The van der Waals surface area contributed by atoms with Crippen LogP contribution in [0.1, 0.15) is 15.9 Å². The minimum Gasteiger partial charge on any atom is -0.478 e. The lowest BCUT2D eigenvalue weighted by Gasteiger charge is -2.09. The summed E-state index contributed by atoms with van der Waals surface area (Å²) in [5.74, 6) is -1.24. The number of aromatic carboxylic acids is 1. The van der Waals surface area contributed by atoms with Gasteiger partial charge in [-0.15, -0.1) is 6.58 Å². The van der Waals surface area contributed by atoms with Crippen LogP contribution in [0.3, 0.4) is 0 Å². The van der Waals surface area contributed by atoms with Crippen LogP contribution in [-0.4, -0.2) is 30.1 Å². The van der Waals surface area contributed by atoms with Gasteiger partial charge in [-0.25, -0.2) is 4.79 Å². The highest BCUT2D eigenvalue weighted by Gasteiger charge is 2.08. The van der Waals surface area contributed by atoms with E-state index in [0.29, 0.717) is 12.2 Å². The number of rotatable bonds is 6. The number of carbonyl (C=O) groups excluding carboxylic acids is 1. The third kappa shape index (κ3) is 4.03. The molecule has 1 aromatic carbocycles. The number of anilines is 1.